The highest BCUT2D eigenvalue weighted by molar-refractivity contribution is 5.99. The van der Waals surface area contributed by atoms with Crippen LogP contribution in [-0.2, 0) is 20.9 Å². The second kappa shape index (κ2) is 7.65. The maximum atomic E-state index is 13.2. The Kier molecular flexibility index (Phi) is 5.04. The summed E-state index contributed by atoms with van der Waals surface area (Å²) in [5.41, 5.74) is -0.153. The van der Waals surface area contributed by atoms with Gasteiger partial charge in [0.2, 0.25) is 11.8 Å². The van der Waals surface area contributed by atoms with Crippen molar-refractivity contribution in [2.24, 2.45) is 0 Å². The number of nitrogens with zero attached hydrogens (tertiary/aromatic N) is 2. The molecule has 0 spiro atoms. The minimum Gasteiger partial charge on any atom is -0.444 e. The number of rotatable bonds is 3. The SMILES string of the molecule is [2H][C@]1(n2c(C)nc3ccc(CNC(=O)OC(C)(C)C)cc3c2=O)CCC(=O)NC1=O. The molecule has 29 heavy (non-hydrogen) atoms. The Balaban J connectivity index is 1.96. The van der Waals surface area contributed by atoms with Crippen molar-refractivity contribution >= 4 is 28.8 Å². The minimum absolute atomic E-state index is 0.0427. The second-order valence-electron chi connectivity index (χ2n) is 7.83. The molecule has 1 aromatic carbocycles. The number of hydrogen-bond acceptors (Lipinski definition) is 6. The van der Waals surface area contributed by atoms with E-state index in [1.165, 1.54) is 0 Å². The number of amides is 3. The molecular formula is C20H24N4O5. The van der Waals surface area contributed by atoms with Crippen molar-refractivity contribution in [3.8, 4) is 0 Å². The van der Waals surface area contributed by atoms with Crippen molar-refractivity contribution in [2.45, 2.75) is 58.7 Å². The maximum Gasteiger partial charge on any atom is 0.407 e. The molecule has 1 aliphatic heterocycles. The van der Waals surface area contributed by atoms with Crippen LogP contribution in [0.25, 0.3) is 10.9 Å². The molecule has 0 aliphatic carbocycles. The van der Waals surface area contributed by atoms with Crippen molar-refractivity contribution in [1.82, 2.24) is 20.2 Å². The number of carbonyl (C=O) groups excluding carboxylic acids is 3. The average Bonchev–Trinajstić information content (AvgIpc) is 2.62. The first kappa shape index (κ1) is 19.1. The van der Waals surface area contributed by atoms with E-state index in [2.05, 4.69) is 15.6 Å². The van der Waals surface area contributed by atoms with Gasteiger partial charge >= 0.3 is 6.09 Å². The first-order valence-electron chi connectivity index (χ1n) is 9.75. The minimum atomic E-state index is -1.96. The van der Waals surface area contributed by atoms with Crippen LogP contribution in [0, 0.1) is 6.92 Å². The Hall–Kier alpha value is -3.23. The Morgan fingerprint density at radius 3 is 2.76 bits per heavy atom. The Labute approximate surface area is 168 Å². The maximum absolute atomic E-state index is 13.2. The van der Waals surface area contributed by atoms with Crippen LogP contribution in [0.2, 0.25) is 0 Å². The van der Waals surface area contributed by atoms with Gasteiger partial charge in [-0.05, 0) is 51.8 Å². The first-order chi connectivity index (χ1) is 13.9. The smallest absolute Gasteiger partial charge is 0.407 e. The fourth-order valence-corrected chi connectivity index (χ4v) is 3.08. The van der Waals surface area contributed by atoms with Gasteiger partial charge in [-0.3, -0.25) is 24.3 Å². The highest BCUT2D eigenvalue weighted by atomic mass is 16.6. The lowest BCUT2D eigenvalue weighted by Crippen LogP contribution is -2.45. The standard InChI is InChI=1S/C20H24N4O5/c1-11-22-14-6-5-12(10-21-19(28)29-20(2,3)4)9-13(14)18(27)24(11)15-7-8-16(25)23-17(15)26/h5-6,9,15H,7-8,10H2,1-4H3,(H,21,28)(H,23,25,26)/t15-/m0/s1/i15D. The molecule has 9 heteroatoms. The van der Waals surface area contributed by atoms with E-state index in [-0.39, 0.29) is 30.6 Å². The van der Waals surface area contributed by atoms with E-state index in [1.54, 1.807) is 45.9 Å². The van der Waals surface area contributed by atoms with Crippen molar-refractivity contribution < 1.29 is 20.5 Å². The molecule has 1 atom stereocenters. The number of imide groups is 1. The molecule has 9 nitrogen and oxygen atoms in total. The zero-order valence-corrected chi connectivity index (χ0v) is 16.8. The van der Waals surface area contributed by atoms with Crippen LogP contribution in [0.1, 0.15) is 52.4 Å². The lowest BCUT2D eigenvalue weighted by atomic mass is 10.0. The normalized spacial score (nSPS) is 20.2. The summed E-state index contributed by atoms with van der Waals surface area (Å²) in [6.07, 6.45) is -0.750. The van der Waals surface area contributed by atoms with Crippen LogP contribution in [0.5, 0.6) is 0 Å². The highest BCUT2D eigenvalue weighted by Crippen LogP contribution is 2.20. The van der Waals surface area contributed by atoms with E-state index in [1.807, 2.05) is 0 Å². The lowest BCUT2D eigenvalue weighted by molar-refractivity contribution is -0.135. The zero-order chi connectivity index (χ0) is 22.3. The molecule has 0 saturated carbocycles. The number of ether oxygens (including phenoxy) is 1. The molecule has 2 heterocycles. The third-order valence-electron chi connectivity index (χ3n) is 4.31. The molecule has 0 bridgehead atoms. The fourth-order valence-electron chi connectivity index (χ4n) is 3.08. The topological polar surface area (TPSA) is 119 Å². The van der Waals surface area contributed by atoms with Gasteiger partial charge in [0.15, 0.2) is 0 Å². The van der Waals surface area contributed by atoms with E-state index >= 15 is 0 Å². The molecule has 0 radical (unpaired) electrons. The van der Waals surface area contributed by atoms with Gasteiger partial charge in [-0.1, -0.05) is 6.07 Å². The first-order valence-corrected chi connectivity index (χ1v) is 9.25. The summed E-state index contributed by atoms with van der Waals surface area (Å²) in [4.78, 5) is 53.2. The summed E-state index contributed by atoms with van der Waals surface area (Å²) >= 11 is 0. The van der Waals surface area contributed by atoms with E-state index in [0.717, 1.165) is 4.57 Å². The van der Waals surface area contributed by atoms with Crippen molar-refractivity contribution in [1.29, 1.82) is 0 Å². The number of benzene rings is 1. The van der Waals surface area contributed by atoms with Gasteiger partial charge in [-0.2, -0.15) is 0 Å². The van der Waals surface area contributed by atoms with Crippen LogP contribution < -0.4 is 16.2 Å². The van der Waals surface area contributed by atoms with Gasteiger partial charge < -0.3 is 10.1 Å². The Bertz CT molecular complexity index is 1100. The van der Waals surface area contributed by atoms with Gasteiger partial charge in [-0.15, -0.1) is 0 Å². The molecule has 3 amide bonds. The molecule has 3 rings (SSSR count). The number of aromatic nitrogens is 2. The predicted octanol–water partition coefficient (Wildman–Crippen LogP) is 1.71. The number of carbonyl (C=O) groups is 3. The molecule has 2 N–H and O–H groups in total. The number of nitrogens with one attached hydrogen (secondary N) is 2. The summed E-state index contributed by atoms with van der Waals surface area (Å²) in [5, 5.41) is 4.95. The van der Waals surface area contributed by atoms with Crippen LogP contribution in [0.3, 0.4) is 0 Å². The van der Waals surface area contributed by atoms with Crippen LogP contribution in [0.15, 0.2) is 23.0 Å². The molecule has 1 aliphatic rings. The molecular weight excluding hydrogens is 376 g/mol. The van der Waals surface area contributed by atoms with E-state index in [4.69, 9.17) is 6.11 Å². The van der Waals surface area contributed by atoms with Crippen molar-refractivity contribution in [3.63, 3.8) is 0 Å². The summed E-state index contributed by atoms with van der Waals surface area (Å²) in [5.74, 6) is -1.13. The van der Waals surface area contributed by atoms with Crippen molar-refractivity contribution in [3.05, 3.63) is 39.9 Å². The quantitative estimate of drug-likeness (QED) is 0.756. The number of fused-ring (bicyclic) bond motifs is 1. The summed E-state index contributed by atoms with van der Waals surface area (Å²) in [7, 11) is 0. The van der Waals surface area contributed by atoms with Crippen molar-refractivity contribution in [2.75, 3.05) is 0 Å². The molecule has 1 saturated heterocycles. The number of alkyl carbamates (subject to hydrolysis) is 1. The van der Waals surface area contributed by atoms with Gasteiger partial charge in [0.25, 0.3) is 5.56 Å². The molecule has 2 aromatic rings. The predicted molar refractivity (Wildman–Crippen MR) is 105 cm³/mol. The van der Waals surface area contributed by atoms with Gasteiger partial charge in [0.1, 0.15) is 17.4 Å². The Morgan fingerprint density at radius 2 is 2.10 bits per heavy atom. The van der Waals surface area contributed by atoms with Crippen LogP contribution >= 0.6 is 0 Å². The van der Waals surface area contributed by atoms with E-state index < -0.39 is 35.1 Å². The van der Waals surface area contributed by atoms with Crippen LogP contribution in [-0.4, -0.2) is 33.1 Å². The third-order valence-corrected chi connectivity index (χ3v) is 4.31. The summed E-state index contributed by atoms with van der Waals surface area (Å²) in [6.45, 7) is 6.93. The number of piperidine rings is 1. The molecule has 1 fully saturated rings. The van der Waals surface area contributed by atoms with Crippen LogP contribution in [0.4, 0.5) is 4.79 Å². The third kappa shape index (κ3) is 4.61. The van der Waals surface area contributed by atoms with E-state index in [0.29, 0.717) is 11.1 Å². The monoisotopic (exact) mass is 401 g/mol. The zero-order valence-electron chi connectivity index (χ0n) is 17.8. The van der Waals surface area contributed by atoms with Gasteiger partial charge in [-0.25, -0.2) is 9.78 Å². The molecule has 154 valence electrons. The average molecular weight is 401 g/mol. The Morgan fingerprint density at radius 1 is 1.38 bits per heavy atom. The fraction of sp³-hybridized carbons (Fsp3) is 0.450. The molecule has 0 unspecified atom stereocenters. The number of hydrogen-bond donors (Lipinski definition) is 2. The van der Waals surface area contributed by atoms with Gasteiger partial charge in [0.05, 0.1) is 12.3 Å². The summed E-state index contributed by atoms with van der Waals surface area (Å²) < 4.78 is 14.8. The number of aryl methyl sites for hydroxylation is 1. The largest absolute Gasteiger partial charge is 0.444 e. The second-order valence-corrected chi connectivity index (χ2v) is 7.83. The van der Waals surface area contributed by atoms with E-state index in [9.17, 15) is 19.2 Å². The lowest BCUT2D eigenvalue weighted by Gasteiger charge is -2.24. The van der Waals surface area contributed by atoms with Gasteiger partial charge in [0, 0.05) is 13.0 Å². The summed E-state index contributed by atoms with van der Waals surface area (Å²) in [6, 6.07) is 2.97. The molecule has 1 aromatic heterocycles. The highest BCUT2D eigenvalue weighted by Gasteiger charge is 2.30.